The fraction of sp³-hybridized carbons (Fsp3) is 0.333. The largest absolute Gasteiger partial charge is 0.489 e. The Balaban J connectivity index is 1.82. The van der Waals surface area contributed by atoms with E-state index >= 15 is 0 Å². The number of carbonyl (C=O) groups is 2. The molecule has 0 bridgehead atoms. The van der Waals surface area contributed by atoms with E-state index in [-0.39, 0.29) is 48.4 Å². The van der Waals surface area contributed by atoms with Gasteiger partial charge in [0.25, 0.3) is 0 Å². The topological polar surface area (TPSA) is 97.9 Å². The van der Waals surface area contributed by atoms with Crippen molar-refractivity contribution in [2.75, 3.05) is 20.3 Å². The molecule has 1 aliphatic heterocycles. The van der Waals surface area contributed by atoms with Crippen molar-refractivity contribution in [1.29, 1.82) is 0 Å². The van der Waals surface area contributed by atoms with E-state index in [2.05, 4.69) is 9.98 Å². The number of hydrogen-bond acceptors (Lipinski definition) is 6. The van der Waals surface area contributed by atoms with Gasteiger partial charge in [0.2, 0.25) is 5.91 Å². The lowest BCUT2D eigenvalue weighted by Crippen LogP contribution is -2.47. The van der Waals surface area contributed by atoms with Gasteiger partial charge in [-0.1, -0.05) is 6.07 Å². The Bertz CT molecular complexity index is 994. The Hall–Kier alpha value is -3.36. The van der Waals surface area contributed by atoms with Crippen LogP contribution in [0.25, 0.3) is 0 Å². The summed E-state index contributed by atoms with van der Waals surface area (Å²) in [6.07, 6.45) is 1.29. The molecule has 0 saturated carbocycles. The number of amides is 1. The molecule has 2 aromatic rings. The number of hydrogen-bond donors (Lipinski definition) is 1. The third kappa shape index (κ3) is 4.45. The first-order chi connectivity index (χ1) is 14.2. The summed E-state index contributed by atoms with van der Waals surface area (Å²) in [6.45, 7) is 0.925. The predicted octanol–water partition coefficient (Wildman–Crippen LogP) is 2.39. The molecule has 1 aromatic heterocycles. The van der Waals surface area contributed by atoms with Crippen LogP contribution in [0.4, 0.5) is 8.78 Å². The van der Waals surface area contributed by atoms with Crippen molar-refractivity contribution in [3.8, 4) is 5.75 Å². The average Bonchev–Trinajstić information content (AvgIpc) is 2.72. The smallest absolute Gasteiger partial charge is 0.231 e. The highest BCUT2D eigenvalue weighted by Gasteiger charge is 2.38. The minimum Gasteiger partial charge on any atom is -0.489 e. The molecule has 9 heteroatoms. The van der Waals surface area contributed by atoms with Gasteiger partial charge in [-0.15, -0.1) is 0 Å². The summed E-state index contributed by atoms with van der Waals surface area (Å²) < 4.78 is 31.8. The number of aromatic nitrogens is 1. The average molecular weight is 416 g/mol. The molecular weight excluding hydrogens is 394 g/mol. The minimum absolute atomic E-state index is 0.00824. The molecule has 2 heterocycles. The van der Waals surface area contributed by atoms with Crippen LogP contribution in [0.5, 0.6) is 5.75 Å². The molecular formula is C21H22F2N4O3. The monoisotopic (exact) mass is 416 g/mol. The second-order valence-corrected chi connectivity index (χ2v) is 7.20. The number of rotatable bonds is 7. The number of benzene rings is 1. The number of ketones is 1. The number of Topliss-reactive ketones (excluding diaryl/α,β-unsaturated/α-hetero) is 1. The van der Waals surface area contributed by atoms with Crippen LogP contribution in [-0.4, -0.2) is 47.9 Å². The van der Waals surface area contributed by atoms with Crippen molar-refractivity contribution in [2.45, 2.75) is 25.3 Å². The van der Waals surface area contributed by atoms with Crippen LogP contribution in [-0.2, 0) is 16.8 Å². The highest BCUT2D eigenvalue weighted by molar-refractivity contribution is 5.99. The zero-order chi connectivity index (χ0) is 21.9. The molecule has 2 N–H and O–H groups in total. The molecule has 7 nitrogen and oxygen atoms in total. The van der Waals surface area contributed by atoms with Gasteiger partial charge in [-0.3, -0.25) is 14.5 Å². The quantitative estimate of drug-likeness (QED) is 0.699. The van der Waals surface area contributed by atoms with E-state index in [0.29, 0.717) is 11.3 Å². The van der Waals surface area contributed by atoms with Crippen molar-refractivity contribution in [3.63, 3.8) is 0 Å². The van der Waals surface area contributed by atoms with Gasteiger partial charge in [0.15, 0.2) is 11.7 Å². The zero-order valence-electron chi connectivity index (χ0n) is 16.7. The first kappa shape index (κ1) is 21.4. The van der Waals surface area contributed by atoms with Gasteiger partial charge >= 0.3 is 0 Å². The van der Waals surface area contributed by atoms with Crippen LogP contribution in [0.2, 0.25) is 0 Å². The van der Waals surface area contributed by atoms with Crippen molar-refractivity contribution in [2.24, 2.45) is 10.7 Å². The van der Waals surface area contributed by atoms with Crippen molar-refractivity contribution < 1.29 is 23.1 Å². The van der Waals surface area contributed by atoms with Gasteiger partial charge in [0.1, 0.15) is 30.5 Å². The maximum atomic E-state index is 14.6. The third-order valence-electron chi connectivity index (χ3n) is 4.92. The molecule has 0 aliphatic carbocycles. The lowest BCUT2D eigenvalue weighted by molar-refractivity contribution is -0.128. The Morgan fingerprint density at radius 2 is 2.10 bits per heavy atom. The lowest BCUT2D eigenvalue weighted by Gasteiger charge is -2.34. The van der Waals surface area contributed by atoms with Gasteiger partial charge in [-0.2, -0.15) is 0 Å². The SMILES string of the molecule is CN1C(=O)CC(C)(c2cc(CC(=O)c3ccc(OCCF)cn3)ccc2F)N=C1N. The molecule has 0 fully saturated rings. The third-order valence-corrected chi connectivity index (χ3v) is 4.92. The number of nitrogens with two attached hydrogens (primary N) is 1. The Morgan fingerprint density at radius 1 is 1.33 bits per heavy atom. The first-order valence-electron chi connectivity index (χ1n) is 9.32. The standard InChI is InChI=1S/C21H22F2N4O3/c1-21(11-19(29)27(2)20(24)26-21)15-9-13(3-5-16(15)23)10-18(28)17-6-4-14(12-25-17)30-8-7-22/h3-6,9,12H,7-8,10-11H2,1-2H3,(H2,24,26). The Kier molecular flexibility index (Phi) is 6.09. The maximum absolute atomic E-state index is 14.6. The summed E-state index contributed by atoms with van der Waals surface area (Å²) in [7, 11) is 1.51. The predicted molar refractivity (Wildman–Crippen MR) is 107 cm³/mol. The molecule has 3 rings (SSSR count). The van der Waals surface area contributed by atoms with Crippen LogP contribution in [0.3, 0.4) is 0 Å². The lowest BCUT2D eigenvalue weighted by atomic mass is 9.85. The summed E-state index contributed by atoms with van der Waals surface area (Å²) in [5, 5.41) is 0. The second-order valence-electron chi connectivity index (χ2n) is 7.20. The molecule has 0 radical (unpaired) electrons. The van der Waals surface area contributed by atoms with Gasteiger partial charge in [-0.25, -0.2) is 18.8 Å². The normalized spacial score (nSPS) is 18.9. The van der Waals surface area contributed by atoms with E-state index in [1.165, 1.54) is 48.5 Å². The summed E-state index contributed by atoms with van der Waals surface area (Å²) in [6, 6.07) is 7.31. The minimum atomic E-state index is -1.16. The summed E-state index contributed by atoms with van der Waals surface area (Å²) in [5.41, 5.74) is 5.60. The fourth-order valence-electron chi connectivity index (χ4n) is 3.22. The van der Waals surface area contributed by atoms with E-state index in [1.54, 1.807) is 6.92 Å². The number of halogens is 2. The van der Waals surface area contributed by atoms with Crippen molar-refractivity contribution >= 4 is 17.6 Å². The molecule has 0 saturated heterocycles. The van der Waals surface area contributed by atoms with Crippen LogP contribution >= 0.6 is 0 Å². The number of pyridine rings is 1. The van der Waals surface area contributed by atoms with Gasteiger partial charge in [0.05, 0.1) is 18.2 Å². The van der Waals surface area contributed by atoms with Gasteiger partial charge in [-0.05, 0) is 36.8 Å². The molecule has 1 atom stereocenters. The van der Waals surface area contributed by atoms with E-state index in [4.69, 9.17) is 10.5 Å². The molecule has 0 spiro atoms. The Labute approximate surface area is 172 Å². The molecule has 1 unspecified atom stereocenters. The Morgan fingerprint density at radius 3 is 2.73 bits per heavy atom. The van der Waals surface area contributed by atoms with Crippen LogP contribution in [0.15, 0.2) is 41.5 Å². The molecule has 30 heavy (non-hydrogen) atoms. The summed E-state index contributed by atoms with van der Waals surface area (Å²) in [5.74, 6) is -0.713. The van der Waals surface area contributed by atoms with E-state index in [0.717, 1.165) is 0 Å². The van der Waals surface area contributed by atoms with Crippen LogP contribution < -0.4 is 10.5 Å². The maximum Gasteiger partial charge on any atom is 0.231 e. The summed E-state index contributed by atoms with van der Waals surface area (Å²) >= 11 is 0. The zero-order valence-corrected chi connectivity index (χ0v) is 16.7. The van der Waals surface area contributed by atoms with Crippen molar-refractivity contribution in [3.05, 3.63) is 59.2 Å². The van der Waals surface area contributed by atoms with Crippen LogP contribution in [0, 0.1) is 5.82 Å². The van der Waals surface area contributed by atoms with Crippen molar-refractivity contribution in [1.82, 2.24) is 9.88 Å². The fourth-order valence-corrected chi connectivity index (χ4v) is 3.22. The summed E-state index contributed by atoms with van der Waals surface area (Å²) in [4.78, 5) is 34.3. The molecule has 1 aliphatic rings. The highest BCUT2D eigenvalue weighted by atomic mass is 19.1. The number of nitrogens with zero attached hydrogens (tertiary/aromatic N) is 3. The molecule has 1 aromatic carbocycles. The highest BCUT2D eigenvalue weighted by Crippen LogP contribution is 2.35. The number of ether oxygens (including phenoxy) is 1. The van der Waals surface area contributed by atoms with E-state index < -0.39 is 18.0 Å². The van der Waals surface area contributed by atoms with E-state index in [1.807, 2.05) is 0 Å². The molecule has 158 valence electrons. The van der Waals surface area contributed by atoms with Crippen LogP contribution in [0.1, 0.15) is 35.0 Å². The van der Waals surface area contributed by atoms with E-state index in [9.17, 15) is 18.4 Å². The first-order valence-corrected chi connectivity index (χ1v) is 9.32. The molecule has 1 amide bonds. The second kappa shape index (κ2) is 8.56. The number of alkyl halides is 1. The number of guanidine groups is 1. The number of carbonyl (C=O) groups excluding carboxylic acids is 2. The van der Waals surface area contributed by atoms with Gasteiger partial charge < -0.3 is 10.5 Å². The number of aliphatic imine (C=N–C) groups is 1. The van der Waals surface area contributed by atoms with Gasteiger partial charge in [0, 0.05) is 19.0 Å².